The number of carboxylic acid groups (broad SMARTS) is 1. The van der Waals surface area contributed by atoms with Crippen LogP contribution in [0.1, 0.15) is 30.4 Å². The number of hydrazone groups is 1. The molecule has 1 saturated heterocycles. The van der Waals surface area contributed by atoms with E-state index in [0.29, 0.717) is 24.4 Å². The lowest BCUT2D eigenvalue weighted by molar-refractivity contribution is -0.141. The maximum Gasteiger partial charge on any atom is 0.308 e. The van der Waals surface area contributed by atoms with E-state index < -0.39 is 11.9 Å². The van der Waals surface area contributed by atoms with Crippen LogP contribution in [0.4, 0.5) is 5.69 Å². The van der Waals surface area contributed by atoms with Gasteiger partial charge in [-0.1, -0.05) is 12.1 Å². The monoisotopic (exact) mass is 343 g/mol. The molecule has 1 aromatic carbocycles. The lowest BCUT2D eigenvalue weighted by atomic mass is 10.1. The molecule has 0 bridgehead atoms. The van der Waals surface area contributed by atoms with Gasteiger partial charge in [0.1, 0.15) is 5.71 Å². The highest BCUT2D eigenvalue weighted by Gasteiger charge is 2.35. The van der Waals surface area contributed by atoms with Gasteiger partial charge in [-0.2, -0.15) is 5.10 Å². The van der Waals surface area contributed by atoms with E-state index in [1.807, 2.05) is 32.0 Å². The average molecular weight is 343 g/mol. The highest BCUT2D eigenvalue weighted by molar-refractivity contribution is 6.40. The van der Waals surface area contributed by atoms with Crippen molar-refractivity contribution in [2.24, 2.45) is 11.0 Å². The Balaban J connectivity index is 1.85. The third-order valence-corrected chi connectivity index (χ3v) is 4.70. The van der Waals surface area contributed by atoms with Gasteiger partial charge in [-0.05, 0) is 37.5 Å². The number of anilines is 1. The molecule has 1 atom stereocenters. The van der Waals surface area contributed by atoms with Crippen molar-refractivity contribution in [1.29, 1.82) is 0 Å². The Morgan fingerprint density at radius 1 is 1.24 bits per heavy atom. The fraction of sp³-hybridized carbons (Fsp3) is 0.444. The second-order valence-corrected chi connectivity index (χ2v) is 6.62. The van der Waals surface area contributed by atoms with Gasteiger partial charge in [-0.15, -0.1) is 0 Å². The molecule has 1 N–H and O–H groups in total. The van der Waals surface area contributed by atoms with E-state index in [-0.39, 0.29) is 31.2 Å². The highest BCUT2D eigenvalue weighted by Crippen LogP contribution is 2.26. The minimum atomic E-state index is -0.881. The van der Waals surface area contributed by atoms with Gasteiger partial charge in [-0.25, -0.2) is 5.01 Å². The van der Waals surface area contributed by atoms with E-state index in [4.69, 9.17) is 5.11 Å². The Labute approximate surface area is 145 Å². The molecule has 7 heteroatoms. The van der Waals surface area contributed by atoms with Gasteiger partial charge in [0.2, 0.25) is 5.91 Å². The van der Waals surface area contributed by atoms with Gasteiger partial charge in [0, 0.05) is 25.9 Å². The molecule has 3 rings (SSSR count). The Kier molecular flexibility index (Phi) is 4.57. The first-order valence-corrected chi connectivity index (χ1v) is 8.36. The molecule has 1 fully saturated rings. The second-order valence-electron chi connectivity index (χ2n) is 6.62. The first-order valence-electron chi connectivity index (χ1n) is 8.36. The summed E-state index contributed by atoms with van der Waals surface area (Å²) in [6.07, 6.45) is 0.954. The number of nitrogens with zero attached hydrogens (tertiary/aromatic N) is 3. The summed E-state index contributed by atoms with van der Waals surface area (Å²) in [6.45, 7) is 4.44. The largest absolute Gasteiger partial charge is 0.481 e. The van der Waals surface area contributed by atoms with E-state index in [9.17, 15) is 14.4 Å². The average Bonchev–Trinajstić information content (AvgIpc) is 3.07. The normalized spacial score (nSPS) is 20.6. The maximum absolute atomic E-state index is 12.7. The molecule has 7 nitrogen and oxygen atoms in total. The smallest absolute Gasteiger partial charge is 0.308 e. The molecule has 1 unspecified atom stereocenters. The molecular formula is C18H21N3O4. The number of rotatable bonds is 3. The van der Waals surface area contributed by atoms with E-state index in [0.717, 1.165) is 11.1 Å². The SMILES string of the molecule is Cc1ccc(C)c(N2N=C(C(=O)N3CCC(C(=O)O)C3)CCC2=O)c1. The van der Waals surface area contributed by atoms with Crippen molar-refractivity contribution in [3.8, 4) is 0 Å². The molecule has 2 heterocycles. The van der Waals surface area contributed by atoms with Crippen LogP contribution < -0.4 is 5.01 Å². The minimum absolute atomic E-state index is 0.143. The van der Waals surface area contributed by atoms with Crippen LogP contribution in [0.3, 0.4) is 0 Å². The number of benzene rings is 1. The van der Waals surface area contributed by atoms with Crippen molar-refractivity contribution in [3.05, 3.63) is 29.3 Å². The Morgan fingerprint density at radius 2 is 2.00 bits per heavy atom. The number of hydrogen-bond donors (Lipinski definition) is 1. The zero-order chi connectivity index (χ0) is 18.1. The molecule has 2 amide bonds. The third-order valence-electron chi connectivity index (χ3n) is 4.70. The summed E-state index contributed by atoms with van der Waals surface area (Å²) in [5, 5.41) is 14.7. The van der Waals surface area contributed by atoms with Crippen LogP contribution in [0, 0.1) is 19.8 Å². The van der Waals surface area contributed by atoms with Crippen LogP contribution >= 0.6 is 0 Å². The predicted molar refractivity (Wildman–Crippen MR) is 92.4 cm³/mol. The number of carbonyl (C=O) groups excluding carboxylic acids is 2. The van der Waals surface area contributed by atoms with Crippen molar-refractivity contribution < 1.29 is 19.5 Å². The fourth-order valence-electron chi connectivity index (χ4n) is 3.17. The first-order chi connectivity index (χ1) is 11.9. The second kappa shape index (κ2) is 6.66. The summed E-state index contributed by atoms with van der Waals surface area (Å²) in [5.74, 6) is -1.82. The summed E-state index contributed by atoms with van der Waals surface area (Å²) in [6, 6.07) is 5.75. The standard InChI is InChI=1S/C18H21N3O4/c1-11-3-4-12(2)15(9-11)21-16(22)6-5-14(19-21)17(23)20-8-7-13(10-20)18(24)25/h3-4,9,13H,5-8,10H2,1-2H3,(H,24,25). The molecule has 0 spiro atoms. The van der Waals surface area contributed by atoms with Crippen LogP contribution in [0.15, 0.2) is 23.3 Å². The van der Waals surface area contributed by atoms with E-state index in [1.54, 1.807) is 0 Å². The van der Waals surface area contributed by atoms with Gasteiger partial charge in [0.05, 0.1) is 11.6 Å². The number of aliphatic carboxylic acids is 1. The van der Waals surface area contributed by atoms with Crippen LogP contribution in [0.2, 0.25) is 0 Å². The van der Waals surface area contributed by atoms with Gasteiger partial charge in [0.15, 0.2) is 0 Å². The highest BCUT2D eigenvalue weighted by atomic mass is 16.4. The summed E-state index contributed by atoms with van der Waals surface area (Å²) in [7, 11) is 0. The maximum atomic E-state index is 12.7. The molecule has 2 aliphatic rings. The molecule has 25 heavy (non-hydrogen) atoms. The number of hydrogen-bond acceptors (Lipinski definition) is 4. The molecule has 1 aromatic rings. The zero-order valence-electron chi connectivity index (χ0n) is 14.4. The van der Waals surface area contributed by atoms with E-state index >= 15 is 0 Å². The lowest BCUT2D eigenvalue weighted by Gasteiger charge is -2.26. The summed E-state index contributed by atoms with van der Waals surface area (Å²) in [5.41, 5.74) is 2.90. The van der Waals surface area contributed by atoms with Gasteiger partial charge >= 0.3 is 5.97 Å². The van der Waals surface area contributed by atoms with Crippen LogP contribution in [-0.2, 0) is 14.4 Å². The summed E-state index contributed by atoms with van der Waals surface area (Å²) < 4.78 is 0. The predicted octanol–water partition coefficient (Wildman–Crippen LogP) is 1.72. The number of carboxylic acids is 1. The van der Waals surface area contributed by atoms with Crippen LogP contribution in [0.25, 0.3) is 0 Å². The van der Waals surface area contributed by atoms with Gasteiger partial charge < -0.3 is 10.0 Å². The summed E-state index contributed by atoms with van der Waals surface area (Å²) >= 11 is 0. The Bertz CT molecular complexity index is 772. The van der Waals surface area contributed by atoms with Crippen LogP contribution in [0.5, 0.6) is 0 Å². The first kappa shape index (κ1) is 17.1. The number of aryl methyl sites for hydroxylation is 2. The Hall–Kier alpha value is -2.70. The van der Waals surface area contributed by atoms with Crippen molar-refractivity contribution >= 4 is 29.2 Å². The molecule has 0 saturated carbocycles. The summed E-state index contributed by atoms with van der Waals surface area (Å²) in [4.78, 5) is 37.6. The lowest BCUT2D eigenvalue weighted by Crippen LogP contribution is -2.41. The molecule has 0 aliphatic carbocycles. The fourth-order valence-corrected chi connectivity index (χ4v) is 3.17. The van der Waals surface area contributed by atoms with Gasteiger partial charge in [-0.3, -0.25) is 14.4 Å². The molecular weight excluding hydrogens is 322 g/mol. The quantitative estimate of drug-likeness (QED) is 0.905. The molecule has 0 radical (unpaired) electrons. The van der Waals surface area contributed by atoms with E-state index in [1.165, 1.54) is 9.91 Å². The Morgan fingerprint density at radius 3 is 2.68 bits per heavy atom. The van der Waals surface area contributed by atoms with Gasteiger partial charge in [0.25, 0.3) is 5.91 Å². The number of likely N-dealkylation sites (tertiary alicyclic amines) is 1. The molecule has 0 aromatic heterocycles. The van der Waals surface area contributed by atoms with Crippen molar-refractivity contribution in [2.75, 3.05) is 18.1 Å². The molecule has 132 valence electrons. The van der Waals surface area contributed by atoms with Crippen molar-refractivity contribution in [2.45, 2.75) is 33.1 Å². The zero-order valence-corrected chi connectivity index (χ0v) is 14.4. The van der Waals surface area contributed by atoms with E-state index in [2.05, 4.69) is 5.10 Å². The number of amides is 2. The van der Waals surface area contributed by atoms with Crippen molar-refractivity contribution in [3.63, 3.8) is 0 Å². The third kappa shape index (κ3) is 3.40. The number of carbonyl (C=O) groups is 3. The van der Waals surface area contributed by atoms with Crippen molar-refractivity contribution in [1.82, 2.24) is 4.90 Å². The topological polar surface area (TPSA) is 90.3 Å². The minimum Gasteiger partial charge on any atom is -0.481 e. The van der Waals surface area contributed by atoms with Crippen LogP contribution in [-0.4, -0.2) is 46.6 Å². The molecule has 2 aliphatic heterocycles.